The van der Waals surface area contributed by atoms with E-state index in [9.17, 15) is 43.5 Å². The number of aliphatic hydroxyl groups excluding tert-OH is 2. The molecule has 0 radical (unpaired) electrons. The van der Waals surface area contributed by atoms with Gasteiger partial charge in [-0.1, -0.05) is 132 Å². The van der Waals surface area contributed by atoms with Gasteiger partial charge >= 0.3 is 33.3 Å². The largest absolute Gasteiger partial charge is 0.481 e. The van der Waals surface area contributed by atoms with Crippen molar-refractivity contribution in [1.82, 2.24) is 9.55 Å². The van der Waals surface area contributed by atoms with Gasteiger partial charge in [0.15, 0.2) is 12.3 Å². The van der Waals surface area contributed by atoms with E-state index in [1.54, 1.807) is 0 Å². The van der Waals surface area contributed by atoms with Crippen molar-refractivity contribution in [1.29, 1.82) is 0 Å². The summed E-state index contributed by atoms with van der Waals surface area (Å²) < 4.78 is 56.7. The third-order valence-corrected chi connectivity index (χ3v) is 13.4. The van der Waals surface area contributed by atoms with Crippen molar-refractivity contribution in [3.63, 3.8) is 0 Å². The molecule has 0 spiro atoms. The van der Waals surface area contributed by atoms with Gasteiger partial charge in [0, 0.05) is 19.0 Å². The molecule has 0 aliphatic carbocycles. The molecule has 1 aliphatic rings. The molecule has 0 amide bonds. The second kappa shape index (κ2) is 37.9. The van der Waals surface area contributed by atoms with Crippen LogP contribution in [0, 0.1) is 0 Å². The number of aromatic nitrogens is 2. The monoisotopic (exact) mass is 1030 g/mol. The quantitative estimate of drug-likeness (QED) is 0.0177. The number of hydrogen-bond acceptors (Lipinski definition) is 15. The van der Waals surface area contributed by atoms with Crippen LogP contribution in [0.15, 0.2) is 90.0 Å². The van der Waals surface area contributed by atoms with Crippen LogP contribution in [-0.4, -0.2) is 85.7 Å². The first kappa shape index (κ1) is 62.3. The molecule has 0 aromatic carbocycles. The smallest absolute Gasteiger partial charge is 0.462 e. The number of esters is 2. The average Bonchev–Trinajstić information content (AvgIpc) is 3.59. The number of aliphatic hydroxyl groups is 2. The zero-order valence-corrected chi connectivity index (χ0v) is 43.1. The minimum atomic E-state index is -5.43. The SMILES string of the molecule is CC/C=C\C/C=C\C/C=C\C/C=C\CCCCCCC(=O)OC[C@H](COP(=O)(O)OP(=O)(O)OC[C@H]1O[C@@H](n2ccc(N)nc2=O)C(O)[C@H]1O)OC(=O)CCCCCCC/C=C\C/C=C\CCCCC. The molecule has 1 aromatic rings. The number of ether oxygens (including phenoxy) is 3. The molecule has 1 aromatic heterocycles. The number of phosphoric ester groups is 2. The molecule has 1 aliphatic heterocycles. The summed E-state index contributed by atoms with van der Waals surface area (Å²) in [4.78, 5) is 61.9. The Morgan fingerprint density at radius 2 is 1.20 bits per heavy atom. The second-order valence-corrected chi connectivity index (χ2v) is 20.0. The maximum atomic E-state index is 12.8. The first-order valence-electron chi connectivity index (χ1n) is 24.9. The Morgan fingerprint density at radius 3 is 1.76 bits per heavy atom. The Bertz CT molecular complexity index is 1950. The Balaban J connectivity index is 1.83. The number of nitrogens with zero attached hydrogens (tertiary/aromatic N) is 2. The van der Waals surface area contributed by atoms with E-state index in [1.807, 2.05) is 0 Å². The van der Waals surface area contributed by atoms with E-state index in [4.69, 9.17) is 29.0 Å². The van der Waals surface area contributed by atoms with Gasteiger partial charge in [0.25, 0.3) is 0 Å². The summed E-state index contributed by atoms with van der Waals surface area (Å²) in [6.07, 6.45) is 38.4. The Labute approximate surface area is 415 Å². The first-order chi connectivity index (χ1) is 33.7. The van der Waals surface area contributed by atoms with Gasteiger partial charge in [-0.15, -0.1) is 0 Å². The number of carbonyl (C=O) groups excluding carboxylic acids is 2. The van der Waals surface area contributed by atoms with Crippen molar-refractivity contribution in [3.05, 3.63) is 95.7 Å². The highest BCUT2D eigenvalue weighted by Crippen LogP contribution is 2.60. The number of allylic oxidation sites excluding steroid dienone is 12. The fourth-order valence-electron chi connectivity index (χ4n) is 6.92. The second-order valence-electron chi connectivity index (χ2n) is 16.9. The van der Waals surface area contributed by atoms with Crippen LogP contribution in [-0.2, 0) is 46.3 Å². The van der Waals surface area contributed by atoms with E-state index in [0.717, 1.165) is 107 Å². The van der Waals surface area contributed by atoms with Crippen molar-refractivity contribution in [2.24, 2.45) is 0 Å². The van der Waals surface area contributed by atoms with E-state index >= 15 is 0 Å². The lowest BCUT2D eigenvalue weighted by molar-refractivity contribution is -0.161. The zero-order chi connectivity index (χ0) is 51.3. The third-order valence-electron chi connectivity index (χ3n) is 10.8. The Morgan fingerprint density at radius 1 is 0.700 bits per heavy atom. The number of nitrogens with two attached hydrogens (primary N) is 1. The van der Waals surface area contributed by atoms with Crippen LogP contribution < -0.4 is 11.4 Å². The predicted octanol–water partition coefficient (Wildman–Crippen LogP) is 10.1. The molecular weight excluding hydrogens is 945 g/mol. The lowest BCUT2D eigenvalue weighted by Crippen LogP contribution is -2.36. The summed E-state index contributed by atoms with van der Waals surface area (Å²) in [7, 11) is -10.9. The number of carbonyl (C=O) groups is 2. The average molecular weight is 1030 g/mol. The first-order valence-corrected chi connectivity index (χ1v) is 27.9. The lowest BCUT2D eigenvalue weighted by atomic mass is 10.1. The summed E-state index contributed by atoms with van der Waals surface area (Å²) in [5, 5.41) is 20.9. The molecule has 18 nitrogen and oxygen atoms in total. The van der Waals surface area contributed by atoms with Gasteiger partial charge in [-0.05, 0) is 89.5 Å². The van der Waals surface area contributed by atoms with Crippen LogP contribution in [0.1, 0.15) is 161 Å². The van der Waals surface area contributed by atoms with Crippen LogP contribution in [0.5, 0.6) is 0 Å². The number of unbranched alkanes of at least 4 members (excludes halogenated alkanes) is 12. The number of nitrogen functional groups attached to an aromatic ring is 1. The number of hydrogen-bond donors (Lipinski definition) is 5. The highest BCUT2D eigenvalue weighted by molar-refractivity contribution is 7.61. The molecule has 396 valence electrons. The molecule has 0 bridgehead atoms. The van der Waals surface area contributed by atoms with Crippen LogP contribution >= 0.6 is 15.6 Å². The molecule has 1 saturated heterocycles. The van der Waals surface area contributed by atoms with Gasteiger partial charge in [-0.2, -0.15) is 9.29 Å². The summed E-state index contributed by atoms with van der Waals surface area (Å²) >= 11 is 0. The third kappa shape index (κ3) is 30.2. The van der Waals surface area contributed by atoms with Crippen molar-refractivity contribution in [2.75, 3.05) is 25.6 Å². The maximum absolute atomic E-state index is 12.8. The van der Waals surface area contributed by atoms with Crippen LogP contribution in [0.3, 0.4) is 0 Å². The van der Waals surface area contributed by atoms with E-state index < -0.39 is 83.7 Å². The summed E-state index contributed by atoms with van der Waals surface area (Å²) in [5.41, 5.74) is 4.58. The van der Waals surface area contributed by atoms with Gasteiger partial charge in [0.1, 0.15) is 30.7 Å². The van der Waals surface area contributed by atoms with E-state index in [2.05, 4.69) is 96.1 Å². The van der Waals surface area contributed by atoms with Gasteiger partial charge < -0.3 is 39.9 Å². The Hall–Kier alpha value is -3.80. The minimum absolute atomic E-state index is 0.0247. The van der Waals surface area contributed by atoms with Crippen molar-refractivity contribution in [3.8, 4) is 0 Å². The molecule has 20 heteroatoms. The van der Waals surface area contributed by atoms with Gasteiger partial charge in [-0.25, -0.2) is 13.9 Å². The number of anilines is 1. The molecule has 1 fully saturated rings. The number of rotatable bonds is 40. The van der Waals surface area contributed by atoms with Crippen molar-refractivity contribution < 1.29 is 66.3 Å². The molecule has 6 N–H and O–H groups in total. The standard InChI is InChI=1S/C50H81N3O15P2/c1-3-5-7-9-11-13-15-17-19-20-22-23-25-27-29-31-33-35-45(54)63-39-42(66-46(55)36-34-32-30-28-26-24-21-18-16-14-12-10-8-6-4-2)40-64-69(59,60)68-70(61,62)65-41-43-47(56)48(57)49(67-43)53-38-37-44(51)52-50(53)58/h5,7,11-14,17-19,21-23,37-38,42-43,47-49,56-57H,3-4,6,8-10,15-16,20,24-36,39-41H2,1-2H3,(H,59,60)(H,61,62)(H2,51,52,58)/b7-5-,13-11-,14-12-,19-17-,21-18-,23-22-/t42-,43-,47+,48?,49-/m1/s1. The predicted molar refractivity (Wildman–Crippen MR) is 270 cm³/mol. The van der Waals surface area contributed by atoms with Crippen molar-refractivity contribution in [2.45, 2.75) is 186 Å². The fourth-order valence-corrected chi connectivity index (χ4v) is 9.03. The van der Waals surface area contributed by atoms with Crippen LogP contribution in [0.4, 0.5) is 5.82 Å². The lowest BCUT2D eigenvalue weighted by Gasteiger charge is -2.21. The van der Waals surface area contributed by atoms with E-state index in [1.165, 1.54) is 25.3 Å². The molecule has 0 saturated carbocycles. The van der Waals surface area contributed by atoms with Crippen molar-refractivity contribution >= 4 is 33.4 Å². The molecule has 2 rings (SSSR count). The zero-order valence-electron chi connectivity index (χ0n) is 41.3. The van der Waals surface area contributed by atoms with E-state index in [-0.39, 0.29) is 18.7 Å². The number of phosphoric acid groups is 2. The topological polar surface area (TPSA) is 265 Å². The highest BCUT2D eigenvalue weighted by atomic mass is 31.3. The molecule has 70 heavy (non-hydrogen) atoms. The molecular formula is C50H81N3O15P2. The molecule has 2 heterocycles. The van der Waals surface area contributed by atoms with Gasteiger partial charge in [-0.3, -0.25) is 23.2 Å². The van der Waals surface area contributed by atoms with E-state index in [0.29, 0.717) is 12.8 Å². The molecule has 7 atom stereocenters. The maximum Gasteiger partial charge on any atom is 0.481 e. The Kier molecular flexibility index (Phi) is 33.7. The van der Waals surface area contributed by atoms with Gasteiger partial charge in [0.05, 0.1) is 13.2 Å². The van der Waals surface area contributed by atoms with Crippen LogP contribution in [0.2, 0.25) is 0 Å². The van der Waals surface area contributed by atoms with Gasteiger partial charge in [0.2, 0.25) is 0 Å². The summed E-state index contributed by atoms with van der Waals surface area (Å²) in [5.74, 6) is -1.35. The summed E-state index contributed by atoms with van der Waals surface area (Å²) in [6.45, 7) is 1.97. The molecule has 3 unspecified atom stereocenters. The summed E-state index contributed by atoms with van der Waals surface area (Å²) in [6, 6.07) is 1.24. The van der Waals surface area contributed by atoms with Crippen LogP contribution in [0.25, 0.3) is 0 Å². The highest BCUT2D eigenvalue weighted by Gasteiger charge is 2.46. The fraction of sp³-hybridized carbons (Fsp3) is 0.640. The minimum Gasteiger partial charge on any atom is -0.462 e. The normalized spacial score (nSPS) is 19.9.